The molecule has 216 valence electrons. The standard InChI is InChI=1S/C27H42O10S.Na/c1-13(28)17-5-6-18-16-12-21(36-25-24(31)23(30)22(29)14(2)35-25)20-11-15(37-38(32,33)34)7-9-27(20,4)19(16)8-10-26(17,18)3;/h8,14-18,20-25,29-31H,5-7,9-12H2,1-4H3,(H,32,33,34);/q;+1/p-1/t14?,15?,16?,17?,18?,20?,21-,22?,23?,24?,25?,26?,27?;/m0./s1. The zero-order valence-electron chi connectivity index (χ0n) is 23.5. The molecule has 3 N–H and O–H groups in total. The van der Waals surface area contributed by atoms with Crippen molar-refractivity contribution in [2.45, 2.75) is 116 Å². The number of carbonyl (C=O) groups excluding carboxylic acids is 1. The van der Waals surface area contributed by atoms with Crippen LogP contribution in [0.1, 0.15) is 72.6 Å². The van der Waals surface area contributed by atoms with Gasteiger partial charge in [-0.3, -0.25) is 8.98 Å². The third-order valence-corrected chi connectivity index (χ3v) is 11.3. The maximum absolute atomic E-state index is 12.5. The molecule has 0 spiro atoms. The molecular weight excluding hydrogens is 539 g/mol. The molecule has 1 aliphatic heterocycles. The van der Waals surface area contributed by atoms with E-state index in [2.05, 4.69) is 19.9 Å². The summed E-state index contributed by atoms with van der Waals surface area (Å²) in [5.74, 6) is 0.410. The molecule has 4 fully saturated rings. The number of ether oxygens (including phenoxy) is 2. The Kier molecular flexibility index (Phi) is 9.27. The summed E-state index contributed by atoms with van der Waals surface area (Å²) in [6, 6.07) is 0. The van der Waals surface area contributed by atoms with Crippen LogP contribution in [-0.2, 0) is 28.9 Å². The first kappa shape index (κ1) is 32.0. The quantitative estimate of drug-likeness (QED) is 0.156. The summed E-state index contributed by atoms with van der Waals surface area (Å²) in [4.78, 5) is 12.5. The summed E-state index contributed by atoms with van der Waals surface area (Å²) in [5.41, 5.74) is 0.797. The number of allylic oxidation sites excluding steroid dienone is 2. The van der Waals surface area contributed by atoms with Gasteiger partial charge in [-0.2, -0.15) is 0 Å². The molecule has 10 nitrogen and oxygen atoms in total. The minimum Gasteiger partial charge on any atom is -0.726 e. The minimum atomic E-state index is -4.88. The van der Waals surface area contributed by atoms with E-state index in [4.69, 9.17) is 13.7 Å². The molecule has 12 heteroatoms. The van der Waals surface area contributed by atoms with Crippen LogP contribution < -0.4 is 29.6 Å². The molecule has 0 bridgehead atoms. The van der Waals surface area contributed by atoms with Gasteiger partial charge in [-0.15, -0.1) is 0 Å². The molecule has 3 saturated carbocycles. The third kappa shape index (κ3) is 5.60. The van der Waals surface area contributed by atoms with Crippen LogP contribution in [0.4, 0.5) is 0 Å². The molecule has 4 aliphatic carbocycles. The van der Waals surface area contributed by atoms with Crippen molar-refractivity contribution in [1.82, 2.24) is 0 Å². The van der Waals surface area contributed by atoms with Crippen LogP contribution in [0.3, 0.4) is 0 Å². The van der Waals surface area contributed by atoms with Gasteiger partial charge in [0.2, 0.25) is 10.4 Å². The van der Waals surface area contributed by atoms with E-state index < -0.39 is 53.3 Å². The summed E-state index contributed by atoms with van der Waals surface area (Å²) >= 11 is 0. The van der Waals surface area contributed by atoms with E-state index in [1.165, 1.54) is 5.57 Å². The first-order chi connectivity index (χ1) is 17.7. The first-order valence-electron chi connectivity index (χ1n) is 13.9. The van der Waals surface area contributed by atoms with Gasteiger partial charge < -0.3 is 29.3 Å². The molecule has 0 radical (unpaired) electrons. The second-order valence-electron chi connectivity index (χ2n) is 12.8. The van der Waals surface area contributed by atoms with Crippen LogP contribution in [0.2, 0.25) is 0 Å². The van der Waals surface area contributed by atoms with Crippen molar-refractivity contribution >= 4 is 16.2 Å². The number of fused-ring (bicyclic) bond motifs is 5. The monoisotopic (exact) mass is 580 g/mol. The van der Waals surface area contributed by atoms with Crippen molar-refractivity contribution < 1.29 is 76.3 Å². The van der Waals surface area contributed by atoms with Crippen LogP contribution in [0, 0.1) is 34.5 Å². The third-order valence-electron chi connectivity index (χ3n) is 10.8. The van der Waals surface area contributed by atoms with Gasteiger partial charge in [-0.1, -0.05) is 25.5 Å². The molecule has 13 atom stereocenters. The Balaban J connectivity index is 0.00000353. The fourth-order valence-corrected chi connectivity index (χ4v) is 9.39. The molecule has 0 aromatic rings. The molecular formula is C27H41NaO10S. The average molecular weight is 581 g/mol. The maximum Gasteiger partial charge on any atom is 1.00 e. The molecule has 0 aromatic heterocycles. The average Bonchev–Trinajstić information content (AvgIpc) is 3.18. The number of hydrogen-bond donors (Lipinski definition) is 3. The van der Waals surface area contributed by atoms with Gasteiger partial charge in [0, 0.05) is 5.92 Å². The van der Waals surface area contributed by atoms with E-state index in [0.717, 1.165) is 19.3 Å². The number of hydrogen-bond acceptors (Lipinski definition) is 10. The number of rotatable bonds is 5. The Bertz CT molecular complexity index is 1080. The van der Waals surface area contributed by atoms with Crippen molar-refractivity contribution in [1.29, 1.82) is 0 Å². The Hall–Kier alpha value is 0.0800. The second-order valence-corrected chi connectivity index (χ2v) is 13.8. The second kappa shape index (κ2) is 11.3. The smallest absolute Gasteiger partial charge is 0.726 e. The van der Waals surface area contributed by atoms with Crippen LogP contribution in [0.15, 0.2) is 11.6 Å². The zero-order valence-corrected chi connectivity index (χ0v) is 26.3. The van der Waals surface area contributed by atoms with E-state index >= 15 is 0 Å². The van der Waals surface area contributed by atoms with E-state index in [1.807, 2.05) is 0 Å². The molecule has 12 unspecified atom stereocenters. The van der Waals surface area contributed by atoms with E-state index in [9.17, 15) is 33.1 Å². The molecule has 0 aromatic carbocycles. The Labute approximate surface area is 253 Å². The van der Waals surface area contributed by atoms with Crippen molar-refractivity contribution in [2.75, 3.05) is 0 Å². The summed E-state index contributed by atoms with van der Waals surface area (Å²) in [5, 5.41) is 31.2. The molecule has 39 heavy (non-hydrogen) atoms. The molecule has 0 amide bonds. The Morgan fingerprint density at radius 1 is 1.08 bits per heavy atom. The van der Waals surface area contributed by atoms with Gasteiger partial charge in [0.05, 0.1) is 18.3 Å². The fraction of sp³-hybridized carbons (Fsp3) is 0.889. The van der Waals surface area contributed by atoms with E-state index in [-0.39, 0.29) is 76.3 Å². The first-order valence-corrected chi connectivity index (χ1v) is 15.2. The summed E-state index contributed by atoms with van der Waals surface area (Å²) in [6.07, 6.45) is -0.609. The van der Waals surface area contributed by atoms with Crippen LogP contribution in [-0.4, -0.2) is 77.0 Å². The minimum absolute atomic E-state index is 0. The molecule has 5 rings (SSSR count). The molecule has 5 aliphatic rings. The largest absolute Gasteiger partial charge is 1.00 e. The number of Topliss-reactive ketones (excluding diaryl/α,β-unsaturated/α-hetero) is 1. The van der Waals surface area contributed by atoms with Gasteiger partial charge >= 0.3 is 29.6 Å². The summed E-state index contributed by atoms with van der Waals surface area (Å²) in [7, 11) is -4.88. The van der Waals surface area contributed by atoms with Crippen LogP contribution >= 0.6 is 0 Å². The van der Waals surface area contributed by atoms with Gasteiger partial charge in [-0.05, 0) is 87.4 Å². The molecule has 1 saturated heterocycles. The van der Waals surface area contributed by atoms with Crippen molar-refractivity contribution in [3.8, 4) is 0 Å². The van der Waals surface area contributed by atoms with Crippen LogP contribution in [0.5, 0.6) is 0 Å². The maximum atomic E-state index is 12.5. The van der Waals surface area contributed by atoms with Crippen LogP contribution in [0.25, 0.3) is 0 Å². The Morgan fingerprint density at radius 3 is 2.41 bits per heavy atom. The van der Waals surface area contributed by atoms with Gasteiger partial charge in [-0.25, -0.2) is 8.42 Å². The normalized spacial score (nSPS) is 49.6. The number of ketones is 1. The van der Waals surface area contributed by atoms with Crippen molar-refractivity contribution in [2.24, 2.45) is 34.5 Å². The molecule has 1 heterocycles. The van der Waals surface area contributed by atoms with Gasteiger partial charge in [0.15, 0.2) is 6.29 Å². The number of carbonyl (C=O) groups is 1. The van der Waals surface area contributed by atoms with E-state index in [1.54, 1.807) is 13.8 Å². The van der Waals surface area contributed by atoms with Gasteiger partial charge in [0.25, 0.3) is 0 Å². The fourth-order valence-electron chi connectivity index (χ4n) is 8.88. The Morgan fingerprint density at radius 2 is 1.77 bits per heavy atom. The van der Waals surface area contributed by atoms with Crippen molar-refractivity contribution in [3.05, 3.63) is 11.6 Å². The predicted octanol–water partition coefficient (Wildman–Crippen LogP) is -1.17. The van der Waals surface area contributed by atoms with Gasteiger partial charge in [0.1, 0.15) is 24.1 Å². The van der Waals surface area contributed by atoms with E-state index in [0.29, 0.717) is 19.3 Å². The summed E-state index contributed by atoms with van der Waals surface area (Å²) < 4.78 is 51.3. The predicted molar refractivity (Wildman–Crippen MR) is 133 cm³/mol. The topological polar surface area (TPSA) is 163 Å². The van der Waals surface area contributed by atoms with Crippen molar-refractivity contribution in [3.63, 3.8) is 0 Å². The number of aliphatic hydroxyl groups excluding tert-OH is 3. The summed E-state index contributed by atoms with van der Waals surface area (Å²) in [6.45, 7) is 7.65. The SMILES string of the molecule is CC(=O)C1CCC2C3C[C@H](OC4OC(C)C(O)C(O)C4O)C4CC(OS(=O)(=O)[O-])CCC4(C)C3=CCC12C.[Na+]. The zero-order chi connectivity index (χ0) is 27.8. The number of aliphatic hydroxyl groups is 3.